The summed E-state index contributed by atoms with van der Waals surface area (Å²) < 4.78 is 1.11. The van der Waals surface area contributed by atoms with Crippen LogP contribution in [0.5, 0.6) is 0 Å². The molecule has 4 nitrogen and oxygen atoms in total. The molecule has 0 saturated carbocycles. The van der Waals surface area contributed by atoms with Crippen molar-refractivity contribution >= 4 is 38.9 Å². The Kier molecular flexibility index (Phi) is 5.14. The maximum Gasteiger partial charge on any atom is 0.254 e. The molecule has 0 aliphatic heterocycles. The van der Waals surface area contributed by atoms with Crippen molar-refractivity contribution in [3.05, 3.63) is 44.3 Å². The third kappa shape index (κ3) is 3.80. The predicted octanol–water partition coefficient (Wildman–Crippen LogP) is 3.23. The van der Waals surface area contributed by atoms with E-state index in [0.29, 0.717) is 12.1 Å². The third-order valence-corrected chi connectivity index (χ3v) is 4.52. The number of thiophene rings is 1. The number of pyridine rings is 1. The van der Waals surface area contributed by atoms with Crippen LogP contribution >= 0.6 is 27.3 Å². The van der Waals surface area contributed by atoms with E-state index < -0.39 is 0 Å². The lowest BCUT2D eigenvalue weighted by molar-refractivity contribution is 0.0954. The van der Waals surface area contributed by atoms with E-state index in [4.69, 9.17) is 0 Å². The van der Waals surface area contributed by atoms with Crippen LogP contribution in [0.1, 0.15) is 20.9 Å². The van der Waals surface area contributed by atoms with Crippen LogP contribution in [0, 0.1) is 6.92 Å². The minimum absolute atomic E-state index is 0.0996. The number of anilines is 1. The summed E-state index contributed by atoms with van der Waals surface area (Å²) in [6, 6.07) is 5.95. The lowest BCUT2D eigenvalue weighted by Gasteiger charge is -2.09. The Bertz CT molecular complexity index is 612. The number of aromatic nitrogens is 1. The average Bonchev–Trinajstić information content (AvgIpc) is 2.84. The number of nitrogens with zero attached hydrogens (tertiary/aromatic N) is 1. The molecule has 0 radical (unpaired) electrons. The van der Waals surface area contributed by atoms with Gasteiger partial charge in [0.05, 0.1) is 15.0 Å². The summed E-state index contributed by atoms with van der Waals surface area (Å²) in [7, 11) is 1.80. The van der Waals surface area contributed by atoms with Crippen LogP contribution in [-0.2, 0) is 6.42 Å². The molecule has 0 unspecified atom stereocenters. The summed E-state index contributed by atoms with van der Waals surface area (Å²) in [4.78, 5) is 17.6. The summed E-state index contributed by atoms with van der Waals surface area (Å²) in [5.74, 6) is -0.0996. The second-order valence-electron chi connectivity index (χ2n) is 4.33. The van der Waals surface area contributed by atoms with Crippen molar-refractivity contribution in [2.45, 2.75) is 13.3 Å². The van der Waals surface area contributed by atoms with Gasteiger partial charge < -0.3 is 10.6 Å². The molecule has 1 amide bonds. The summed E-state index contributed by atoms with van der Waals surface area (Å²) in [5.41, 5.74) is 2.26. The number of aryl methyl sites for hydroxylation is 1. The Labute approximate surface area is 130 Å². The maximum absolute atomic E-state index is 12.1. The Hall–Kier alpha value is -1.40. The fourth-order valence-corrected chi connectivity index (χ4v) is 3.31. The highest BCUT2D eigenvalue weighted by atomic mass is 79.9. The molecule has 20 heavy (non-hydrogen) atoms. The van der Waals surface area contributed by atoms with Gasteiger partial charge >= 0.3 is 0 Å². The smallest absolute Gasteiger partial charge is 0.254 e. The monoisotopic (exact) mass is 353 g/mol. The largest absolute Gasteiger partial charge is 0.387 e. The number of amides is 1. The Morgan fingerprint density at radius 1 is 1.45 bits per heavy atom. The number of rotatable bonds is 5. The van der Waals surface area contributed by atoms with Crippen LogP contribution in [0.2, 0.25) is 0 Å². The number of hydrogen-bond acceptors (Lipinski definition) is 4. The maximum atomic E-state index is 12.1. The minimum atomic E-state index is -0.0996. The molecule has 2 heterocycles. The van der Waals surface area contributed by atoms with Crippen molar-refractivity contribution in [3.63, 3.8) is 0 Å². The van der Waals surface area contributed by atoms with Crippen LogP contribution in [0.4, 0.5) is 5.69 Å². The summed E-state index contributed by atoms with van der Waals surface area (Å²) in [5, 5.41) is 5.95. The van der Waals surface area contributed by atoms with E-state index in [1.54, 1.807) is 24.6 Å². The topological polar surface area (TPSA) is 54.0 Å². The first-order chi connectivity index (χ1) is 9.60. The first kappa shape index (κ1) is 15.0. The Morgan fingerprint density at radius 3 is 2.90 bits per heavy atom. The Balaban J connectivity index is 1.95. The minimum Gasteiger partial charge on any atom is -0.387 e. The fourth-order valence-electron chi connectivity index (χ4n) is 1.83. The van der Waals surface area contributed by atoms with Crippen LogP contribution in [0.3, 0.4) is 0 Å². The molecule has 0 bridgehead atoms. The first-order valence-corrected chi connectivity index (χ1v) is 7.88. The fraction of sp³-hybridized carbons (Fsp3) is 0.286. The quantitative estimate of drug-likeness (QED) is 0.867. The molecular weight excluding hydrogens is 338 g/mol. The Morgan fingerprint density at radius 2 is 2.25 bits per heavy atom. The number of nitrogens with one attached hydrogen (secondary N) is 2. The van der Waals surface area contributed by atoms with Crippen molar-refractivity contribution < 1.29 is 4.79 Å². The standard InChI is InChI=1S/C14H16BrN3OS/c1-9-7-12(16-2)11(8-18-9)14(19)17-6-5-10-3-4-13(15)20-10/h3-4,7-8H,5-6H2,1-2H3,(H,16,18)(H,17,19). The molecule has 2 aromatic rings. The van der Waals surface area contributed by atoms with Gasteiger partial charge in [-0.15, -0.1) is 11.3 Å². The van der Waals surface area contributed by atoms with Crippen LogP contribution < -0.4 is 10.6 Å². The lowest BCUT2D eigenvalue weighted by atomic mass is 10.2. The summed E-state index contributed by atoms with van der Waals surface area (Å²) in [6.45, 7) is 2.51. The molecule has 0 aliphatic rings. The molecule has 6 heteroatoms. The van der Waals surface area contributed by atoms with Gasteiger partial charge in [0, 0.05) is 30.4 Å². The van der Waals surface area contributed by atoms with E-state index >= 15 is 0 Å². The van der Waals surface area contributed by atoms with Crippen molar-refractivity contribution in [1.29, 1.82) is 0 Å². The van der Waals surface area contributed by atoms with E-state index in [-0.39, 0.29) is 5.91 Å². The molecule has 0 aliphatic carbocycles. The molecule has 0 spiro atoms. The molecule has 2 rings (SSSR count). The number of carbonyl (C=O) groups is 1. The van der Waals surface area contributed by atoms with Gasteiger partial charge in [0.25, 0.3) is 5.91 Å². The van der Waals surface area contributed by atoms with Crippen LogP contribution in [-0.4, -0.2) is 24.5 Å². The highest BCUT2D eigenvalue weighted by molar-refractivity contribution is 9.11. The number of carbonyl (C=O) groups excluding carboxylic acids is 1. The highest BCUT2D eigenvalue weighted by Gasteiger charge is 2.11. The highest BCUT2D eigenvalue weighted by Crippen LogP contribution is 2.22. The van der Waals surface area contributed by atoms with Crippen molar-refractivity contribution in [2.24, 2.45) is 0 Å². The van der Waals surface area contributed by atoms with Crippen molar-refractivity contribution in [1.82, 2.24) is 10.3 Å². The normalized spacial score (nSPS) is 10.3. The van der Waals surface area contributed by atoms with E-state index in [0.717, 1.165) is 21.6 Å². The zero-order valence-electron chi connectivity index (χ0n) is 11.4. The van der Waals surface area contributed by atoms with E-state index in [1.165, 1.54) is 4.88 Å². The van der Waals surface area contributed by atoms with Gasteiger partial charge in [0.1, 0.15) is 0 Å². The summed E-state index contributed by atoms with van der Waals surface area (Å²) in [6.07, 6.45) is 2.44. The number of hydrogen-bond donors (Lipinski definition) is 2. The van der Waals surface area contributed by atoms with Gasteiger partial charge in [0.15, 0.2) is 0 Å². The lowest BCUT2D eigenvalue weighted by Crippen LogP contribution is -2.26. The van der Waals surface area contributed by atoms with Gasteiger partial charge in [-0.1, -0.05) is 0 Å². The third-order valence-electron chi connectivity index (χ3n) is 2.84. The average molecular weight is 354 g/mol. The van der Waals surface area contributed by atoms with Crippen LogP contribution in [0.25, 0.3) is 0 Å². The van der Waals surface area contributed by atoms with Crippen molar-refractivity contribution in [3.8, 4) is 0 Å². The first-order valence-electron chi connectivity index (χ1n) is 6.27. The molecule has 2 aromatic heterocycles. The van der Waals surface area contributed by atoms with Gasteiger partial charge in [-0.25, -0.2) is 0 Å². The molecule has 0 fully saturated rings. The molecule has 106 valence electrons. The predicted molar refractivity (Wildman–Crippen MR) is 86.6 cm³/mol. The number of halogens is 1. The van der Waals surface area contributed by atoms with Crippen LogP contribution in [0.15, 0.2) is 28.2 Å². The molecular formula is C14H16BrN3OS. The molecule has 0 saturated heterocycles. The van der Waals surface area contributed by atoms with Gasteiger partial charge in [-0.3, -0.25) is 9.78 Å². The van der Waals surface area contributed by atoms with E-state index in [2.05, 4.69) is 37.6 Å². The molecule has 0 atom stereocenters. The zero-order valence-corrected chi connectivity index (χ0v) is 13.8. The SMILES string of the molecule is CNc1cc(C)ncc1C(=O)NCCc1ccc(Br)s1. The second-order valence-corrected chi connectivity index (χ2v) is 6.88. The second kappa shape index (κ2) is 6.85. The summed E-state index contributed by atoms with van der Waals surface area (Å²) >= 11 is 5.12. The van der Waals surface area contributed by atoms with E-state index in [9.17, 15) is 4.79 Å². The molecule has 2 N–H and O–H groups in total. The van der Waals surface area contributed by atoms with Gasteiger partial charge in [-0.05, 0) is 47.5 Å². The van der Waals surface area contributed by atoms with Gasteiger partial charge in [-0.2, -0.15) is 0 Å². The van der Waals surface area contributed by atoms with Gasteiger partial charge in [0.2, 0.25) is 0 Å². The zero-order chi connectivity index (χ0) is 14.5. The van der Waals surface area contributed by atoms with Crippen molar-refractivity contribution in [2.75, 3.05) is 18.9 Å². The molecule has 0 aromatic carbocycles. The van der Waals surface area contributed by atoms with E-state index in [1.807, 2.05) is 19.1 Å².